The third-order valence-electron chi connectivity index (χ3n) is 3.21. The molecular weight excluding hydrogens is 250 g/mol. The predicted molar refractivity (Wildman–Crippen MR) is 73.4 cm³/mol. The minimum Gasteiger partial charge on any atom is -0.478 e. The molecule has 1 aromatic rings. The number of hydrogen-bond acceptors (Lipinski definition) is 4. The zero-order valence-corrected chi connectivity index (χ0v) is 11.7. The van der Waals surface area contributed by atoms with Gasteiger partial charge in [0.1, 0.15) is 0 Å². The minimum absolute atomic E-state index is 0.286. The number of nitrogens with one attached hydrogen (secondary N) is 1. The summed E-state index contributed by atoms with van der Waals surface area (Å²) in [7, 11) is 0. The molecule has 18 heavy (non-hydrogen) atoms. The summed E-state index contributed by atoms with van der Waals surface area (Å²) in [5, 5.41) is 3.56. The number of hydrogen-bond donors (Lipinski definition) is 1. The van der Waals surface area contributed by atoms with Gasteiger partial charge in [-0.25, -0.2) is 4.98 Å². The van der Waals surface area contributed by atoms with Crippen molar-refractivity contribution in [2.45, 2.75) is 38.5 Å². The van der Waals surface area contributed by atoms with Gasteiger partial charge in [0.25, 0.3) is 0 Å². The molecule has 0 saturated heterocycles. The fourth-order valence-corrected chi connectivity index (χ4v) is 2.65. The second-order valence-electron chi connectivity index (χ2n) is 4.69. The molecule has 1 saturated carbocycles. The molecule has 1 heterocycles. The highest BCUT2D eigenvalue weighted by molar-refractivity contribution is 6.20. The maximum Gasteiger partial charge on any atom is 0.226 e. The standard InChI is InChI=1S/C13H20ClN3O/c1-3-18-12-7-9(2)16-13(17-12)15-8-10-5-4-6-11(10)14/h7,10-11H,3-6,8H2,1-2H3,(H,15,16,17). The summed E-state index contributed by atoms with van der Waals surface area (Å²) < 4.78 is 5.40. The second kappa shape index (κ2) is 6.23. The van der Waals surface area contributed by atoms with Crippen LogP contribution in [0.4, 0.5) is 5.95 Å². The van der Waals surface area contributed by atoms with Gasteiger partial charge in [0, 0.05) is 23.7 Å². The van der Waals surface area contributed by atoms with E-state index in [1.807, 2.05) is 19.9 Å². The Morgan fingerprint density at radius 1 is 1.44 bits per heavy atom. The molecule has 100 valence electrons. The van der Waals surface area contributed by atoms with Gasteiger partial charge in [-0.1, -0.05) is 6.42 Å². The van der Waals surface area contributed by atoms with Crippen LogP contribution in [-0.2, 0) is 0 Å². The fourth-order valence-electron chi connectivity index (χ4n) is 2.28. The van der Waals surface area contributed by atoms with E-state index < -0.39 is 0 Å². The molecule has 0 spiro atoms. The van der Waals surface area contributed by atoms with E-state index in [0.717, 1.165) is 18.7 Å². The van der Waals surface area contributed by atoms with Crippen LogP contribution in [0.25, 0.3) is 0 Å². The van der Waals surface area contributed by atoms with Gasteiger partial charge in [0.2, 0.25) is 11.8 Å². The number of anilines is 1. The highest BCUT2D eigenvalue weighted by Crippen LogP contribution is 2.30. The first-order chi connectivity index (χ1) is 8.69. The smallest absolute Gasteiger partial charge is 0.226 e. The quantitative estimate of drug-likeness (QED) is 0.835. The Hall–Kier alpha value is -1.03. The van der Waals surface area contributed by atoms with Crippen LogP contribution < -0.4 is 10.1 Å². The van der Waals surface area contributed by atoms with Crippen LogP contribution in [0.15, 0.2) is 6.07 Å². The van der Waals surface area contributed by atoms with Crippen molar-refractivity contribution in [3.63, 3.8) is 0 Å². The summed E-state index contributed by atoms with van der Waals surface area (Å²) in [4.78, 5) is 8.68. The number of ether oxygens (including phenoxy) is 1. The van der Waals surface area contributed by atoms with E-state index in [4.69, 9.17) is 16.3 Å². The molecule has 2 rings (SSSR count). The average molecular weight is 270 g/mol. The van der Waals surface area contributed by atoms with E-state index in [-0.39, 0.29) is 5.38 Å². The Kier molecular flexibility index (Phi) is 4.64. The molecule has 1 aliphatic rings. The van der Waals surface area contributed by atoms with Crippen LogP contribution in [0.5, 0.6) is 5.88 Å². The van der Waals surface area contributed by atoms with Crippen molar-refractivity contribution < 1.29 is 4.74 Å². The van der Waals surface area contributed by atoms with Crippen LogP contribution in [0.1, 0.15) is 31.9 Å². The summed E-state index contributed by atoms with van der Waals surface area (Å²) in [5.41, 5.74) is 0.907. The number of alkyl halides is 1. The van der Waals surface area contributed by atoms with E-state index in [0.29, 0.717) is 24.4 Å². The van der Waals surface area contributed by atoms with Crippen molar-refractivity contribution in [1.29, 1.82) is 0 Å². The van der Waals surface area contributed by atoms with Crippen molar-refractivity contribution in [2.75, 3.05) is 18.5 Å². The van der Waals surface area contributed by atoms with Gasteiger partial charge in [-0.3, -0.25) is 0 Å². The Bertz CT molecular complexity index is 400. The minimum atomic E-state index is 0.286. The number of halogens is 1. The van der Waals surface area contributed by atoms with Gasteiger partial charge in [0.15, 0.2) is 0 Å². The monoisotopic (exact) mass is 269 g/mol. The highest BCUT2D eigenvalue weighted by atomic mass is 35.5. The van der Waals surface area contributed by atoms with Crippen LogP contribution in [0.3, 0.4) is 0 Å². The Balaban J connectivity index is 1.95. The molecule has 1 aromatic heterocycles. The molecule has 0 amide bonds. The predicted octanol–water partition coefficient (Wildman–Crippen LogP) is 3.00. The zero-order valence-electron chi connectivity index (χ0n) is 10.9. The van der Waals surface area contributed by atoms with E-state index in [1.165, 1.54) is 12.8 Å². The lowest BCUT2D eigenvalue weighted by Gasteiger charge is -2.15. The third-order valence-corrected chi connectivity index (χ3v) is 3.79. The zero-order chi connectivity index (χ0) is 13.0. The van der Waals surface area contributed by atoms with Crippen molar-refractivity contribution in [1.82, 2.24) is 9.97 Å². The average Bonchev–Trinajstić information content (AvgIpc) is 2.72. The van der Waals surface area contributed by atoms with Crippen LogP contribution in [0, 0.1) is 12.8 Å². The van der Waals surface area contributed by atoms with Gasteiger partial charge in [-0.05, 0) is 32.6 Å². The van der Waals surface area contributed by atoms with Gasteiger partial charge in [-0.2, -0.15) is 4.98 Å². The normalized spacial score (nSPS) is 23.1. The number of aryl methyl sites for hydroxylation is 1. The summed E-state index contributed by atoms with van der Waals surface area (Å²) in [6.45, 7) is 5.34. The number of aromatic nitrogens is 2. The molecule has 0 aliphatic heterocycles. The van der Waals surface area contributed by atoms with Gasteiger partial charge < -0.3 is 10.1 Å². The van der Waals surface area contributed by atoms with Gasteiger partial charge in [0.05, 0.1) is 6.61 Å². The lowest BCUT2D eigenvalue weighted by molar-refractivity contribution is 0.326. The van der Waals surface area contributed by atoms with Crippen molar-refractivity contribution in [3.8, 4) is 5.88 Å². The van der Waals surface area contributed by atoms with Crippen LogP contribution in [0.2, 0.25) is 0 Å². The molecule has 0 aromatic carbocycles. The number of rotatable bonds is 5. The van der Waals surface area contributed by atoms with E-state index in [1.54, 1.807) is 0 Å². The molecule has 1 aliphatic carbocycles. The van der Waals surface area contributed by atoms with Crippen molar-refractivity contribution in [2.24, 2.45) is 5.92 Å². The largest absolute Gasteiger partial charge is 0.478 e. The van der Waals surface area contributed by atoms with E-state index >= 15 is 0 Å². The SMILES string of the molecule is CCOc1cc(C)nc(NCC2CCCC2Cl)n1. The molecule has 0 bridgehead atoms. The maximum absolute atomic E-state index is 6.25. The Labute approximate surface area is 113 Å². The lowest BCUT2D eigenvalue weighted by atomic mass is 10.1. The Morgan fingerprint density at radius 2 is 2.28 bits per heavy atom. The van der Waals surface area contributed by atoms with Crippen molar-refractivity contribution >= 4 is 17.5 Å². The maximum atomic E-state index is 6.25. The van der Waals surface area contributed by atoms with Gasteiger partial charge >= 0.3 is 0 Å². The van der Waals surface area contributed by atoms with Gasteiger partial charge in [-0.15, -0.1) is 11.6 Å². The Morgan fingerprint density at radius 3 is 2.94 bits per heavy atom. The molecule has 5 heteroatoms. The highest BCUT2D eigenvalue weighted by Gasteiger charge is 2.25. The lowest BCUT2D eigenvalue weighted by Crippen LogP contribution is -2.19. The molecule has 2 unspecified atom stereocenters. The van der Waals surface area contributed by atoms with E-state index in [9.17, 15) is 0 Å². The fraction of sp³-hybridized carbons (Fsp3) is 0.692. The molecule has 4 nitrogen and oxygen atoms in total. The molecule has 0 radical (unpaired) electrons. The third kappa shape index (κ3) is 3.48. The van der Waals surface area contributed by atoms with E-state index in [2.05, 4.69) is 15.3 Å². The molecular formula is C13H20ClN3O. The molecule has 1 N–H and O–H groups in total. The number of nitrogens with zero attached hydrogens (tertiary/aromatic N) is 2. The first kappa shape index (κ1) is 13.4. The second-order valence-corrected chi connectivity index (χ2v) is 5.25. The molecule has 2 atom stereocenters. The summed E-state index contributed by atoms with van der Waals surface area (Å²) in [6.07, 6.45) is 3.53. The van der Waals surface area contributed by atoms with Crippen LogP contribution >= 0.6 is 11.6 Å². The van der Waals surface area contributed by atoms with Crippen LogP contribution in [-0.4, -0.2) is 28.5 Å². The summed E-state index contributed by atoms with van der Waals surface area (Å²) >= 11 is 6.25. The summed E-state index contributed by atoms with van der Waals surface area (Å²) in [5.74, 6) is 1.78. The first-order valence-electron chi connectivity index (χ1n) is 6.55. The van der Waals surface area contributed by atoms with Crippen molar-refractivity contribution in [3.05, 3.63) is 11.8 Å². The topological polar surface area (TPSA) is 47.0 Å². The molecule has 1 fully saturated rings. The summed E-state index contributed by atoms with van der Waals surface area (Å²) in [6, 6.07) is 1.84. The first-order valence-corrected chi connectivity index (χ1v) is 6.99.